The Balaban J connectivity index is 2.27. The third kappa shape index (κ3) is 2.39. The summed E-state index contributed by atoms with van der Waals surface area (Å²) in [5.74, 6) is 0. The Bertz CT molecular complexity index is 370. The maximum atomic E-state index is 5.78. The molecule has 0 aliphatic carbocycles. The van der Waals surface area contributed by atoms with E-state index < -0.39 is 0 Å². The number of benzene rings is 1. The van der Waals surface area contributed by atoms with Crippen LogP contribution in [0, 0.1) is 6.92 Å². The van der Waals surface area contributed by atoms with Gasteiger partial charge in [-0.1, -0.05) is 15.9 Å². The first-order chi connectivity index (χ1) is 7.72. The van der Waals surface area contributed by atoms with E-state index in [1.165, 1.54) is 11.3 Å². The summed E-state index contributed by atoms with van der Waals surface area (Å²) in [5, 5.41) is 0. The molecule has 0 amide bonds. The fourth-order valence-electron chi connectivity index (χ4n) is 2.11. The maximum absolute atomic E-state index is 5.78. The highest BCUT2D eigenvalue weighted by Gasteiger charge is 2.22. The highest BCUT2D eigenvalue weighted by atomic mass is 79.9. The molecule has 0 bridgehead atoms. The Labute approximate surface area is 105 Å². The first-order valence-corrected chi connectivity index (χ1v) is 6.32. The van der Waals surface area contributed by atoms with Gasteiger partial charge in [-0.3, -0.25) is 0 Å². The standard InChI is InChI=1S/C12H17BrN2O/c1-9-6-10(13)2-3-12(9)15-4-5-16-8-11(15)7-14/h2-3,6,11H,4-5,7-8,14H2,1H3. The van der Waals surface area contributed by atoms with Gasteiger partial charge in [0.25, 0.3) is 0 Å². The van der Waals surface area contributed by atoms with Crippen LogP contribution in [0.1, 0.15) is 5.56 Å². The summed E-state index contributed by atoms with van der Waals surface area (Å²) in [6.45, 7) is 5.20. The molecule has 1 aromatic carbocycles. The highest BCUT2D eigenvalue weighted by Crippen LogP contribution is 2.26. The number of aryl methyl sites for hydroxylation is 1. The van der Waals surface area contributed by atoms with Crippen LogP contribution in [-0.2, 0) is 4.74 Å². The Kier molecular flexibility index (Phi) is 3.84. The minimum absolute atomic E-state index is 0.300. The van der Waals surface area contributed by atoms with Gasteiger partial charge in [-0.2, -0.15) is 0 Å². The van der Waals surface area contributed by atoms with Crippen molar-refractivity contribution in [3.63, 3.8) is 0 Å². The second kappa shape index (κ2) is 5.17. The number of anilines is 1. The summed E-state index contributed by atoms with van der Waals surface area (Å²) in [6, 6.07) is 6.66. The number of morpholine rings is 1. The van der Waals surface area contributed by atoms with Crippen LogP contribution in [0.2, 0.25) is 0 Å². The fourth-order valence-corrected chi connectivity index (χ4v) is 2.58. The van der Waals surface area contributed by atoms with Gasteiger partial charge in [0.15, 0.2) is 0 Å². The lowest BCUT2D eigenvalue weighted by Gasteiger charge is -2.37. The quantitative estimate of drug-likeness (QED) is 0.902. The molecule has 1 aromatic rings. The van der Waals surface area contributed by atoms with Gasteiger partial charge in [0.2, 0.25) is 0 Å². The highest BCUT2D eigenvalue weighted by molar-refractivity contribution is 9.10. The first-order valence-electron chi connectivity index (χ1n) is 5.53. The summed E-state index contributed by atoms with van der Waals surface area (Å²) in [5.41, 5.74) is 8.32. The Hall–Kier alpha value is -0.580. The van der Waals surface area contributed by atoms with Gasteiger partial charge >= 0.3 is 0 Å². The molecule has 0 aromatic heterocycles. The van der Waals surface area contributed by atoms with Gasteiger partial charge in [-0.25, -0.2) is 0 Å². The predicted octanol–water partition coefficient (Wildman–Crippen LogP) is 1.92. The molecule has 1 fully saturated rings. The van der Waals surface area contributed by atoms with Crippen molar-refractivity contribution in [2.24, 2.45) is 5.73 Å². The summed E-state index contributed by atoms with van der Waals surface area (Å²) in [4.78, 5) is 2.35. The summed E-state index contributed by atoms with van der Waals surface area (Å²) < 4.78 is 6.57. The summed E-state index contributed by atoms with van der Waals surface area (Å²) in [6.07, 6.45) is 0. The minimum atomic E-state index is 0.300. The van der Waals surface area contributed by atoms with Crippen molar-refractivity contribution in [1.82, 2.24) is 0 Å². The average Bonchev–Trinajstić information content (AvgIpc) is 2.29. The van der Waals surface area contributed by atoms with Crippen molar-refractivity contribution in [2.45, 2.75) is 13.0 Å². The van der Waals surface area contributed by atoms with Gasteiger partial charge in [0.1, 0.15) is 0 Å². The Morgan fingerprint density at radius 3 is 3.06 bits per heavy atom. The zero-order valence-electron chi connectivity index (χ0n) is 9.45. The molecular formula is C12H17BrN2O. The van der Waals surface area contributed by atoms with E-state index in [9.17, 15) is 0 Å². The van der Waals surface area contributed by atoms with E-state index in [2.05, 4.69) is 46.0 Å². The van der Waals surface area contributed by atoms with Gasteiger partial charge in [0.05, 0.1) is 19.3 Å². The van der Waals surface area contributed by atoms with E-state index in [1.54, 1.807) is 0 Å². The maximum Gasteiger partial charge on any atom is 0.0683 e. The number of ether oxygens (including phenoxy) is 1. The van der Waals surface area contributed by atoms with Crippen molar-refractivity contribution in [2.75, 3.05) is 31.2 Å². The number of rotatable bonds is 2. The average molecular weight is 285 g/mol. The zero-order chi connectivity index (χ0) is 11.5. The molecule has 1 saturated heterocycles. The van der Waals surface area contributed by atoms with E-state index in [0.29, 0.717) is 12.6 Å². The van der Waals surface area contributed by atoms with Crippen molar-refractivity contribution < 1.29 is 4.74 Å². The van der Waals surface area contributed by atoms with E-state index in [4.69, 9.17) is 10.5 Å². The molecule has 1 aliphatic rings. The minimum Gasteiger partial charge on any atom is -0.377 e. The van der Waals surface area contributed by atoms with Crippen molar-refractivity contribution in [3.05, 3.63) is 28.2 Å². The van der Waals surface area contributed by atoms with Crippen molar-refractivity contribution >= 4 is 21.6 Å². The molecule has 2 N–H and O–H groups in total. The molecule has 1 unspecified atom stereocenters. The van der Waals surface area contributed by atoms with Gasteiger partial charge in [-0.05, 0) is 30.7 Å². The monoisotopic (exact) mass is 284 g/mol. The molecule has 0 radical (unpaired) electrons. The van der Waals surface area contributed by atoms with Gasteiger partial charge < -0.3 is 15.4 Å². The van der Waals surface area contributed by atoms with Crippen LogP contribution in [0.3, 0.4) is 0 Å². The van der Waals surface area contributed by atoms with Crippen LogP contribution >= 0.6 is 15.9 Å². The molecule has 0 spiro atoms. The first kappa shape index (κ1) is 11.9. The topological polar surface area (TPSA) is 38.5 Å². The molecule has 1 heterocycles. The molecule has 4 heteroatoms. The van der Waals surface area contributed by atoms with E-state index in [1.807, 2.05) is 0 Å². The Morgan fingerprint density at radius 2 is 2.38 bits per heavy atom. The number of hydrogen-bond acceptors (Lipinski definition) is 3. The second-order valence-corrected chi connectivity index (χ2v) is 5.00. The third-order valence-corrected chi connectivity index (χ3v) is 3.46. The van der Waals surface area contributed by atoms with Crippen molar-refractivity contribution in [1.29, 1.82) is 0 Å². The molecule has 1 aliphatic heterocycles. The molecule has 1 atom stereocenters. The number of halogens is 1. The van der Waals surface area contributed by atoms with E-state index in [-0.39, 0.29) is 0 Å². The second-order valence-electron chi connectivity index (χ2n) is 4.09. The third-order valence-electron chi connectivity index (χ3n) is 2.97. The van der Waals surface area contributed by atoms with Crippen LogP contribution < -0.4 is 10.6 Å². The Morgan fingerprint density at radius 1 is 1.56 bits per heavy atom. The normalized spacial score (nSPS) is 21.2. The van der Waals surface area contributed by atoms with Crippen LogP contribution in [0.5, 0.6) is 0 Å². The molecule has 16 heavy (non-hydrogen) atoms. The van der Waals surface area contributed by atoms with Gasteiger partial charge in [-0.15, -0.1) is 0 Å². The number of nitrogens with zero attached hydrogens (tertiary/aromatic N) is 1. The SMILES string of the molecule is Cc1cc(Br)ccc1N1CCOCC1CN. The lowest BCUT2D eigenvalue weighted by molar-refractivity contribution is 0.0962. The van der Waals surface area contributed by atoms with E-state index >= 15 is 0 Å². The van der Waals surface area contributed by atoms with Crippen LogP contribution in [0.4, 0.5) is 5.69 Å². The van der Waals surface area contributed by atoms with Crippen LogP contribution in [0.25, 0.3) is 0 Å². The van der Waals surface area contributed by atoms with Crippen LogP contribution in [0.15, 0.2) is 22.7 Å². The zero-order valence-corrected chi connectivity index (χ0v) is 11.0. The predicted molar refractivity (Wildman–Crippen MR) is 69.9 cm³/mol. The number of nitrogens with two attached hydrogens (primary N) is 1. The molecular weight excluding hydrogens is 268 g/mol. The van der Waals surface area contributed by atoms with E-state index in [0.717, 1.165) is 24.2 Å². The summed E-state index contributed by atoms with van der Waals surface area (Å²) in [7, 11) is 0. The lowest BCUT2D eigenvalue weighted by atomic mass is 10.1. The molecule has 88 valence electrons. The number of hydrogen-bond donors (Lipinski definition) is 1. The van der Waals surface area contributed by atoms with Gasteiger partial charge in [0, 0.05) is 23.2 Å². The molecule has 0 saturated carbocycles. The largest absolute Gasteiger partial charge is 0.377 e. The van der Waals surface area contributed by atoms with Crippen molar-refractivity contribution in [3.8, 4) is 0 Å². The smallest absolute Gasteiger partial charge is 0.0683 e. The molecule has 2 rings (SSSR count). The van der Waals surface area contributed by atoms with Crippen LogP contribution in [-0.4, -0.2) is 32.3 Å². The lowest BCUT2D eigenvalue weighted by Crippen LogP contribution is -2.49. The summed E-state index contributed by atoms with van der Waals surface area (Å²) >= 11 is 3.48. The molecule has 3 nitrogen and oxygen atoms in total. The fraction of sp³-hybridized carbons (Fsp3) is 0.500.